The second-order valence-corrected chi connectivity index (χ2v) is 8.60. The van der Waals surface area contributed by atoms with Crippen LogP contribution in [0.4, 0.5) is 11.4 Å². The lowest BCUT2D eigenvalue weighted by atomic mass is 10.1. The molecule has 0 bridgehead atoms. The molecule has 9 heteroatoms. The number of nitrogens with one attached hydrogen (secondary N) is 2. The van der Waals surface area contributed by atoms with Crippen LogP contribution >= 0.6 is 0 Å². The van der Waals surface area contributed by atoms with Gasteiger partial charge in [-0.05, 0) is 65.7 Å². The monoisotopic (exact) mass is 437 g/mol. The van der Waals surface area contributed by atoms with E-state index in [2.05, 4.69) is 10.6 Å². The maximum Gasteiger partial charge on any atom is 0.255 e. The first kappa shape index (κ1) is 20.7. The molecule has 0 unspecified atom stereocenters. The summed E-state index contributed by atoms with van der Waals surface area (Å²) in [5.74, 6) is -0.685. The van der Waals surface area contributed by atoms with Gasteiger partial charge in [0.1, 0.15) is 0 Å². The molecule has 0 aromatic heterocycles. The van der Waals surface area contributed by atoms with Crippen molar-refractivity contribution in [3.05, 3.63) is 89.0 Å². The molecule has 158 valence electrons. The fourth-order valence-electron chi connectivity index (χ4n) is 3.18. The molecule has 1 aliphatic rings. The highest BCUT2D eigenvalue weighted by atomic mass is 32.2. The van der Waals surface area contributed by atoms with Gasteiger partial charge in [-0.3, -0.25) is 9.59 Å². The van der Waals surface area contributed by atoms with Crippen molar-refractivity contribution >= 4 is 33.2 Å². The van der Waals surface area contributed by atoms with E-state index in [1.807, 2.05) is 12.1 Å². The molecule has 0 aliphatic carbocycles. The third-order valence-corrected chi connectivity index (χ3v) is 5.72. The van der Waals surface area contributed by atoms with E-state index in [1.54, 1.807) is 36.4 Å². The van der Waals surface area contributed by atoms with Gasteiger partial charge in [0.2, 0.25) is 10.0 Å². The Hall–Kier alpha value is -3.53. The van der Waals surface area contributed by atoms with Gasteiger partial charge in [-0.15, -0.1) is 0 Å². The quantitative estimate of drug-likeness (QED) is 0.566. The first-order valence-corrected chi connectivity index (χ1v) is 10.9. The number of fused-ring (bicyclic) bond motifs is 1. The highest BCUT2D eigenvalue weighted by Crippen LogP contribution is 2.22. The Kier molecular flexibility index (Phi) is 5.55. The lowest BCUT2D eigenvalue weighted by Gasteiger charge is -2.09. The molecular formula is C22H19N3O5S. The summed E-state index contributed by atoms with van der Waals surface area (Å²) in [5, 5.41) is 10.5. The minimum absolute atomic E-state index is 0.0959. The zero-order valence-corrected chi connectivity index (χ0v) is 17.1. The average Bonchev–Trinajstić information content (AvgIpc) is 3.21. The Morgan fingerprint density at radius 2 is 1.42 bits per heavy atom. The Bertz CT molecular complexity index is 1270. The Morgan fingerprint density at radius 1 is 0.774 bits per heavy atom. The van der Waals surface area contributed by atoms with Crippen LogP contribution in [0.2, 0.25) is 0 Å². The molecule has 1 aliphatic heterocycles. The van der Waals surface area contributed by atoms with Crippen LogP contribution in [0.1, 0.15) is 31.8 Å². The molecule has 4 rings (SSSR count). The van der Waals surface area contributed by atoms with Gasteiger partial charge in [-0.2, -0.15) is 0 Å². The van der Waals surface area contributed by atoms with Crippen molar-refractivity contribution in [2.75, 3.05) is 10.6 Å². The van der Waals surface area contributed by atoms with Crippen LogP contribution in [0.25, 0.3) is 0 Å². The smallest absolute Gasteiger partial charge is 0.255 e. The van der Waals surface area contributed by atoms with E-state index in [0.717, 1.165) is 11.1 Å². The molecule has 0 saturated carbocycles. The van der Waals surface area contributed by atoms with Crippen molar-refractivity contribution in [2.45, 2.75) is 18.1 Å². The van der Waals surface area contributed by atoms with Crippen LogP contribution in [0.5, 0.6) is 0 Å². The maximum atomic E-state index is 12.5. The lowest BCUT2D eigenvalue weighted by Crippen LogP contribution is -2.15. The van der Waals surface area contributed by atoms with Crippen LogP contribution in [0.15, 0.2) is 71.6 Å². The van der Waals surface area contributed by atoms with E-state index in [4.69, 9.17) is 9.88 Å². The number of carbonyl (C=O) groups is 2. The number of sulfonamides is 1. The minimum Gasteiger partial charge on any atom is -0.372 e. The summed E-state index contributed by atoms with van der Waals surface area (Å²) >= 11 is 0. The van der Waals surface area contributed by atoms with Crippen LogP contribution in [0.3, 0.4) is 0 Å². The second kappa shape index (κ2) is 8.31. The van der Waals surface area contributed by atoms with E-state index in [1.165, 1.54) is 18.2 Å². The standard InChI is InChI=1S/C22H19N3O5S/c23-31(28,29)20-3-1-2-19(11-20)25-21(26)14-6-8-18(9-7-14)24-22(27)15-4-5-16-12-30-13-17(16)10-15/h1-11H,12-13H2,(H,24,27)(H,25,26)(H2,23,28,29). The van der Waals surface area contributed by atoms with E-state index in [0.29, 0.717) is 35.7 Å². The summed E-state index contributed by atoms with van der Waals surface area (Å²) in [6, 6.07) is 17.5. The Labute approximate surface area is 179 Å². The SMILES string of the molecule is NS(=O)(=O)c1cccc(NC(=O)c2ccc(NC(=O)c3ccc4c(c3)COC4)cc2)c1. The zero-order valence-electron chi connectivity index (χ0n) is 16.3. The van der Waals surface area contributed by atoms with E-state index < -0.39 is 15.9 Å². The molecule has 31 heavy (non-hydrogen) atoms. The summed E-state index contributed by atoms with van der Waals surface area (Å²) in [6.45, 7) is 1.06. The number of amides is 2. The summed E-state index contributed by atoms with van der Waals surface area (Å²) < 4.78 is 28.3. The summed E-state index contributed by atoms with van der Waals surface area (Å²) in [6.07, 6.45) is 0. The molecular weight excluding hydrogens is 418 g/mol. The van der Waals surface area contributed by atoms with Gasteiger partial charge < -0.3 is 15.4 Å². The number of anilines is 2. The van der Waals surface area contributed by atoms with Crippen molar-refractivity contribution in [3.8, 4) is 0 Å². The molecule has 0 fully saturated rings. The van der Waals surface area contributed by atoms with Crippen molar-refractivity contribution in [3.63, 3.8) is 0 Å². The number of carbonyl (C=O) groups excluding carboxylic acids is 2. The number of hydrogen-bond acceptors (Lipinski definition) is 5. The largest absolute Gasteiger partial charge is 0.372 e. The van der Waals surface area contributed by atoms with Crippen LogP contribution in [-0.4, -0.2) is 20.2 Å². The van der Waals surface area contributed by atoms with Gasteiger partial charge in [-0.1, -0.05) is 12.1 Å². The average molecular weight is 437 g/mol. The number of primary sulfonamides is 1. The highest BCUT2D eigenvalue weighted by Gasteiger charge is 2.15. The number of benzene rings is 3. The number of hydrogen-bond donors (Lipinski definition) is 3. The molecule has 0 atom stereocenters. The summed E-state index contributed by atoms with van der Waals surface area (Å²) in [4.78, 5) is 24.8. The van der Waals surface area contributed by atoms with Crippen LogP contribution < -0.4 is 15.8 Å². The summed E-state index contributed by atoms with van der Waals surface area (Å²) in [5.41, 5.74) is 3.80. The number of ether oxygens (including phenoxy) is 1. The first-order valence-electron chi connectivity index (χ1n) is 9.35. The molecule has 0 saturated heterocycles. The molecule has 8 nitrogen and oxygen atoms in total. The summed E-state index contributed by atoms with van der Waals surface area (Å²) in [7, 11) is -3.87. The maximum absolute atomic E-state index is 12.5. The van der Waals surface area contributed by atoms with Gasteiger partial charge in [0.25, 0.3) is 11.8 Å². The van der Waals surface area contributed by atoms with Crippen LogP contribution in [-0.2, 0) is 28.0 Å². The number of rotatable bonds is 5. The van der Waals surface area contributed by atoms with Gasteiger partial charge >= 0.3 is 0 Å². The predicted octanol–water partition coefficient (Wildman–Crippen LogP) is 2.87. The third kappa shape index (κ3) is 4.80. The third-order valence-electron chi connectivity index (χ3n) is 4.81. The van der Waals surface area contributed by atoms with Gasteiger partial charge in [-0.25, -0.2) is 13.6 Å². The molecule has 4 N–H and O–H groups in total. The molecule has 3 aromatic rings. The van der Waals surface area contributed by atoms with E-state index in [9.17, 15) is 18.0 Å². The molecule has 0 spiro atoms. The fraction of sp³-hybridized carbons (Fsp3) is 0.0909. The highest BCUT2D eigenvalue weighted by molar-refractivity contribution is 7.89. The fourth-order valence-corrected chi connectivity index (χ4v) is 3.74. The topological polar surface area (TPSA) is 128 Å². The lowest BCUT2D eigenvalue weighted by molar-refractivity contribution is 0.101. The van der Waals surface area contributed by atoms with E-state index in [-0.39, 0.29) is 10.8 Å². The van der Waals surface area contributed by atoms with Crippen molar-refractivity contribution in [2.24, 2.45) is 5.14 Å². The van der Waals surface area contributed by atoms with E-state index >= 15 is 0 Å². The van der Waals surface area contributed by atoms with Crippen molar-refractivity contribution < 1.29 is 22.7 Å². The second-order valence-electron chi connectivity index (χ2n) is 7.03. The first-order chi connectivity index (χ1) is 14.8. The zero-order chi connectivity index (χ0) is 22.0. The number of nitrogens with two attached hydrogens (primary N) is 1. The molecule has 2 amide bonds. The van der Waals surface area contributed by atoms with Gasteiger partial charge in [0.05, 0.1) is 18.1 Å². The van der Waals surface area contributed by atoms with Gasteiger partial charge in [0.15, 0.2) is 0 Å². The Morgan fingerprint density at radius 3 is 2.16 bits per heavy atom. The Balaban J connectivity index is 1.42. The molecule has 3 aromatic carbocycles. The van der Waals surface area contributed by atoms with Crippen molar-refractivity contribution in [1.82, 2.24) is 0 Å². The normalized spacial score (nSPS) is 12.8. The minimum atomic E-state index is -3.87. The molecule has 0 radical (unpaired) electrons. The van der Waals surface area contributed by atoms with Crippen molar-refractivity contribution in [1.29, 1.82) is 0 Å². The molecule has 1 heterocycles. The van der Waals surface area contributed by atoms with Gasteiger partial charge in [0, 0.05) is 22.5 Å². The van der Waals surface area contributed by atoms with Crippen LogP contribution in [0, 0.1) is 0 Å². The predicted molar refractivity (Wildman–Crippen MR) is 115 cm³/mol.